The summed E-state index contributed by atoms with van der Waals surface area (Å²) in [6, 6.07) is 0.720. The first-order chi connectivity index (χ1) is 15.3. The van der Waals surface area contributed by atoms with Gasteiger partial charge in [-0.2, -0.15) is 13.2 Å². The van der Waals surface area contributed by atoms with Gasteiger partial charge in [0, 0.05) is 25.4 Å². The molecule has 10 nitrogen and oxygen atoms in total. The van der Waals surface area contributed by atoms with Crippen molar-refractivity contribution in [1.29, 1.82) is 0 Å². The lowest BCUT2D eigenvalue weighted by Crippen LogP contribution is -2.42. The number of hydrogen-bond donors (Lipinski definition) is 3. The number of carbonyl (C=O) groups is 1. The maximum Gasteiger partial charge on any atom is 0.405 e. The molecule has 0 aromatic carbocycles. The molecule has 4 N–H and O–H groups in total. The molecule has 1 aliphatic rings. The van der Waals surface area contributed by atoms with Crippen LogP contribution >= 0.6 is 0 Å². The van der Waals surface area contributed by atoms with E-state index < -0.39 is 24.7 Å². The van der Waals surface area contributed by atoms with Crippen molar-refractivity contribution in [2.45, 2.75) is 19.1 Å². The summed E-state index contributed by atoms with van der Waals surface area (Å²) in [5.74, 6) is 0.521. The van der Waals surface area contributed by atoms with Crippen molar-refractivity contribution >= 4 is 28.6 Å². The summed E-state index contributed by atoms with van der Waals surface area (Å²) in [4.78, 5) is 33.5. The molecule has 0 spiro atoms. The summed E-state index contributed by atoms with van der Waals surface area (Å²) in [7, 11) is 0. The van der Waals surface area contributed by atoms with Gasteiger partial charge in [-0.1, -0.05) is 0 Å². The summed E-state index contributed by atoms with van der Waals surface area (Å²) >= 11 is 0. The Morgan fingerprint density at radius 2 is 2.12 bits per heavy atom. The monoisotopic (exact) mass is 451 g/mol. The number of hydrogen-bond acceptors (Lipinski definition) is 7. The van der Waals surface area contributed by atoms with Gasteiger partial charge < -0.3 is 25.3 Å². The molecule has 1 saturated heterocycles. The SMILES string of the molecule is C[C@H](Nc1cc(N2CCOCC2)nc(-c2c[nH]c3nc[nH+]cc23)n1)C(=O)NCC(F)(F)F. The van der Waals surface area contributed by atoms with E-state index in [2.05, 4.69) is 30.2 Å². The van der Waals surface area contributed by atoms with Gasteiger partial charge in [0.1, 0.15) is 30.4 Å². The van der Waals surface area contributed by atoms with E-state index in [1.54, 1.807) is 24.8 Å². The summed E-state index contributed by atoms with van der Waals surface area (Å²) in [5.41, 5.74) is 1.34. The minimum atomic E-state index is -4.48. The Morgan fingerprint density at radius 3 is 2.88 bits per heavy atom. The Labute approximate surface area is 180 Å². The molecule has 13 heteroatoms. The highest BCUT2D eigenvalue weighted by molar-refractivity contribution is 5.91. The number of H-pyrrole nitrogens is 2. The van der Waals surface area contributed by atoms with E-state index in [0.29, 0.717) is 55.0 Å². The predicted molar refractivity (Wildman–Crippen MR) is 109 cm³/mol. The first-order valence-corrected chi connectivity index (χ1v) is 9.96. The van der Waals surface area contributed by atoms with Gasteiger partial charge in [0.2, 0.25) is 5.91 Å². The largest absolute Gasteiger partial charge is 0.405 e. The van der Waals surface area contributed by atoms with E-state index in [4.69, 9.17) is 4.74 Å². The summed E-state index contributed by atoms with van der Waals surface area (Å²) in [6.07, 6.45) is 0.551. The highest BCUT2D eigenvalue weighted by Crippen LogP contribution is 2.28. The molecule has 1 aliphatic heterocycles. The Morgan fingerprint density at radius 1 is 1.34 bits per heavy atom. The summed E-state index contributed by atoms with van der Waals surface area (Å²) in [5, 5.41) is 5.53. The lowest BCUT2D eigenvalue weighted by molar-refractivity contribution is -0.380. The van der Waals surface area contributed by atoms with Crippen molar-refractivity contribution in [2.24, 2.45) is 0 Å². The third kappa shape index (κ3) is 5.04. The molecule has 3 aromatic heterocycles. The quantitative estimate of drug-likeness (QED) is 0.514. The molecule has 0 radical (unpaired) electrons. The molecule has 1 atom stereocenters. The maximum atomic E-state index is 12.4. The van der Waals surface area contributed by atoms with Gasteiger partial charge in [0.25, 0.3) is 12.0 Å². The first-order valence-electron chi connectivity index (χ1n) is 9.96. The minimum absolute atomic E-state index is 0.313. The molecule has 0 bridgehead atoms. The standard InChI is InChI=1S/C19H21F3N8O2/c1-11(18(31)25-9-19(20,21)22)27-14-6-15(30-2-4-32-5-3-30)29-17(28-14)13-8-24-16-12(13)7-23-10-26-16/h6-8,10-11H,2-5,9H2,1H3,(H,25,31)(H,23,24,26)(H,27,28,29)/p+1/t11-/m0/s1. The van der Waals surface area contributed by atoms with Crippen LogP contribution < -0.4 is 20.5 Å². The first kappa shape index (κ1) is 21.7. The van der Waals surface area contributed by atoms with Crippen LogP contribution in [-0.4, -0.2) is 70.9 Å². The Balaban J connectivity index is 1.64. The van der Waals surface area contributed by atoms with E-state index in [-0.39, 0.29) is 0 Å². The van der Waals surface area contributed by atoms with E-state index in [9.17, 15) is 18.0 Å². The Hall–Kier alpha value is -3.48. The molecule has 0 saturated carbocycles. The Kier molecular flexibility index (Phi) is 6.08. The van der Waals surface area contributed by atoms with Crippen molar-refractivity contribution in [3.05, 3.63) is 24.8 Å². The Bertz CT molecular complexity index is 1100. The number of nitrogens with zero attached hydrogens (tertiary/aromatic N) is 4. The number of fused-ring (bicyclic) bond motifs is 1. The van der Waals surface area contributed by atoms with Crippen LogP contribution in [-0.2, 0) is 9.53 Å². The molecule has 170 valence electrons. The number of aromatic nitrogens is 5. The van der Waals surface area contributed by atoms with Gasteiger partial charge in [0.15, 0.2) is 5.82 Å². The third-order valence-electron chi connectivity index (χ3n) is 4.90. The summed E-state index contributed by atoms with van der Waals surface area (Å²) in [6.45, 7) is 2.41. The van der Waals surface area contributed by atoms with Crippen LogP contribution in [0, 0.1) is 0 Å². The average molecular weight is 451 g/mol. The van der Waals surface area contributed by atoms with Crippen LogP contribution in [0.1, 0.15) is 6.92 Å². The highest BCUT2D eigenvalue weighted by atomic mass is 19.4. The number of aromatic amines is 2. The number of anilines is 2. The second-order valence-corrected chi connectivity index (χ2v) is 7.27. The third-order valence-corrected chi connectivity index (χ3v) is 4.90. The van der Waals surface area contributed by atoms with Gasteiger partial charge in [-0.05, 0) is 11.9 Å². The fourth-order valence-corrected chi connectivity index (χ4v) is 3.30. The van der Waals surface area contributed by atoms with E-state index in [1.807, 2.05) is 10.2 Å². The zero-order chi connectivity index (χ0) is 22.7. The van der Waals surface area contributed by atoms with E-state index in [0.717, 1.165) is 5.39 Å². The number of halogens is 3. The van der Waals surface area contributed by atoms with Crippen molar-refractivity contribution in [3.8, 4) is 11.4 Å². The molecule has 0 unspecified atom stereocenters. The smallest absolute Gasteiger partial charge is 0.378 e. The highest BCUT2D eigenvalue weighted by Gasteiger charge is 2.29. The number of rotatable bonds is 6. The fraction of sp³-hybridized carbons (Fsp3) is 0.421. The maximum absolute atomic E-state index is 12.4. The van der Waals surface area contributed by atoms with Crippen LogP contribution in [0.25, 0.3) is 22.4 Å². The van der Waals surface area contributed by atoms with Crippen LogP contribution in [0.4, 0.5) is 24.8 Å². The van der Waals surface area contributed by atoms with Gasteiger partial charge in [-0.25, -0.2) is 15.0 Å². The number of amides is 1. The van der Waals surface area contributed by atoms with Crippen molar-refractivity contribution < 1.29 is 27.7 Å². The number of ether oxygens (including phenoxy) is 1. The van der Waals surface area contributed by atoms with Crippen molar-refractivity contribution in [1.82, 2.24) is 25.3 Å². The zero-order valence-corrected chi connectivity index (χ0v) is 17.2. The molecular formula is C19H22F3N8O2+. The minimum Gasteiger partial charge on any atom is -0.378 e. The van der Waals surface area contributed by atoms with Gasteiger partial charge in [-0.3, -0.25) is 4.79 Å². The number of nitrogens with one attached hydrogen (secondary N) is 4. The van der Waals surface area contributed by atoms with E-state index in [1.165, 1.54) is 6.92 Å². The molecule has 3 aromatic rings. The number of carbonyl (C=O) groups excluding carboxylic acids is 1. The van der Waals surface area contributed by atoms with Crippen molar-refractivity contribution in [3.63, 3.8) is 0 Å². The number of alkyl halides is 3. The van der Waals surface area contributed by atoms with Crippen molar-refractivity contribution in [2.75, 3.05) is 43.1 Å². The fourth-order valence-electron chi connectivity index (χ4n) is 3.30. The average Bonchev–Trinajstić information content (AvgIpc) is 3.21. The van der Waals surface area contributed by atoms with Gasteiger partial charge in [0.05, 0.1) is 24.2 Å². The van der Waals surface area contributed by atoms with Crippen LogP contribution in [0.5, 0.6) is 0 Å². The molecule has 4 rings (SSSR count). The molecule has 1 fully saturated rings. The normalized spacial score (nSPS) is 15.6. The molecular weight excluding hydrogens is 429 g/mol. The molecule has 32 heavy (non-hydrogen) atoms. The van der Waals surface area contributed by atoms with Crippen LogP contribution in [0.3, 0.4) is 0 Å². The molecule has 0 aliphatic carbocycles. The summed E-state index contributed by atoms with van der Waals surface area (Å²) < 4.78 is 42.7. The topological polar surface area (TPSA) is 122 Å². The molecule has 1 amide bonds. The lowest BCUT2D eigenvalue weighted by atomic mass is 10.2. The van der Waals surface area contributed by atoms with Gasteiger partial charge >= 0.3 is 6.18 Å². The van der Waals surface area contributed by atoms with Gasteiger partial charge in [-0.15, -0.1) is 0 Å². The molecule has 4 heterocycles. The van der Waals surface area contributed by atoms with Crippen LogP contribution in [0.15, 0.2) is 24.8 Å². The van der Waals surface area contributed by atoms with E-state index >= 15 is 0 Å². The number of morpholine rings is 1. The van der Waals surface area contributed by atoms with Crippen LogP contribution in [0.2, 0.25) is 0 Å². The second-order valence-electron chi connectivity index (χ2n) is 7.27. The lowest BCUT2D eigenvalue weighted by Gasteiger charge is -2.28. The predicted octanol–water partition coefficient (Wildman–Crippen LogP) is 1.15. The second kappa shape index (κ2) is 8.94. The zero-order valence-electron chi connectivity index (χ0n) is 17.2.